The minimum absolute atomic E-state index is 0.0612. The van der Waals surface area contributed by atoms with E-state index < -0.39 is 5.97 Å². The first kappa shape index (κ1) is 14.8. The van der Waals surface area contributed by atoms with E-state index in [1.165, 1.54) is 0 Å². The van der Waals surface area contributed by atoms with Gasteiger partial charge in [-0.05, 0) is 31.7 Å². The molecular weight excluding hydrogens is 234 g/mol. The fourth-order valence-corrected chi connectivity index (χ4v) is 2.05. The molecule has 1 saturated heterocycles. The van der Waals surface area contributed by atoms with Crippen molar-refractivity contribution in [3.8, 4) is 0 Å². The number of carbonyl (C=O) groups is 2. The predicted octanol–water partition coefficient (Wildman–Crippen LogP) is 0.478. The summed E-state index contributed by atoms with van der Waals surface area (Å²) >= 11 is 0. The standard InChI is InChI=1S/C12H23N3O3/c1-9(11(16)17)3-2-5-14-12(18)15-6-4-10(7-13)8-15/h9-10H,2-8,13H2,1H3,(H,14,18)(H,16,17). The van der Waals surface area contributed by atoms with Gasteiger partial charge in [0.05, 0.1) is 5.92 Å². The van der Waals surface area contributed by atoms with E-state index in [1.807, 2.05) is 0 Å². The first-order chi connectivity index (χ1) is 8.54. The van der Waals surface area contributed by atoms with Crippen molar-refractivity contribution in [2.75, 3.05) is 26.2 Å². The van der Waals surface area contributed by atoms with Crippen LogP contribution in [0.5, 0.6) is 0 Å². The smallest absolute Gasteiger partial charge is 0.317 e. The van der Waals surface area contributed by atoms with E-state index in [1.54, 1.807) is 11.8 Å². The number of nitrogens with two attached hydrogens (primary N) is 1. The van der Waals surface area contributed by atoms with Crippen LogP contribution in [0.2, 0.25) is 0 Å². The Kier molecular flexibility index (Phi) is 5.91. The zero-order valence-corrected chi connectivity index (χ0v) is 10.9. The topological polar surface area (TPSA) is 95.7 Å². The van der Waals surface area contributed by atoms with E-state index in [-0.39, 0.29) is 11.9 Å². The number of nitrogens with one attached hydrogen (secondary N) is 1. The Morgan fingerprint density at radius 1 is 1.56 bits per heavy atom. The van der Waals surface area contributed by atoms with Crippen molar-refractivity contribution in [1.29, 1.82) is 0 Å². The highest BCUT2D eigenvalue weighted by Crippen LogP contribution is 2.14. The number of carboxylic acids is 1. The van der Waals surface area contributed by atoms with E-state index >= 15 is 0 Å². The van der Waals surface area contributed by atoms with Gasteiger partial charge in [-0.3, -0.25) is 4.79 Å². The first-order valence-corrected chi connectivity index (χ1v) is 6.50. The number of nitrogens with zero attached hydrogens (tertiary/aromatic N) is 1. The van der Waals surface area contributed by atoms with E-state index in [0.717, 1.165) is 19.5 Å². The van der Waals surface area contributed by atoms with Gasteiger partial charge >= 0.3 is 12.0 Å². The Labute approximate surface area is 108 Å². The van der Waals surface area contributed by atoms with Gasteiger partial charge in [0, 0.05) is 19.6 Å². The lowest BCUT2D eigenvalue weighted by Gasteiger charge is -2.17. The fourth-order valence-electron chi connectivity index (χ4n) is 2.05. The maximum absolute atomic E-state index is 11.7. The zero-order valence-electron chi connectivity index (χ0n) is 10.9. The van der Waals surface area contributed by atoms with Gasteiger partial charge in [-0.15, -0.1) is 0 Å². The Morgan fingerprint density at radius 2 is 2.28 bits per heavy atom. The van der Waals surface area contributed by atoms with Gasteiger partial charge in [-0.1, -0.05) is 6.92 Å². The van der Waals surface area contributed by atoms with E-state index in [2.05, 4.69) is 5.32 Å². The van der Waals surface area contributed by atoms with E-state index in [9.17, 15) is 9.59 Å². The van der Waals surface area contributed by atoms with Crippen LogP contribution in [0.15, 0.2) is 0 Å². The molecule has 6 nitrogen and oxygen atoms in total. The van der Waals surface area contributed by atoms with Crippen LogP contribution in [0, 0.1) is 11.8 Å². The summed E-state index contributed by atoms with van der Waals surface area (Å²) in [6, 6.07) is -0.0612. The van der Waals surface area contributed by atoms with Gasteiger partial charge in [0.2, 0.25) is 0 Å². The third kappa shape index (κ3) is 4.52. The second-order valence-corrected chi connectivity index (χ2v) is 4.95. The molecule has 6 heteroatoms. The van der Waals surface area contributed by atoms with Gasteiger partial charge in [-0.25, -0.2) is 4.79 Å². The van der Waals surface area contributed by atoms with Crippen molar-refractivity contribution >= 4 is 12.0 Å². The molecule has 0 bridgehead atoms. The number of urea groups is 1. The number of carbonyl (C=O) groups excluding carboxylic acids is 1. The van der Waals surface area contributed by atoms with Crippen LogP contribution in [0.1, 0.15) is 26.2 Å². The summed E-state index contributed by atoms with van der Waals surface area (Å²) in [4.78, 5) is 24.1. The number of hydrogen-bond acceptors (Lipinski definition) is 3. The third-order valence-corrected chi connectivity index (χ3v) is 3.42. The van der Waals surface area contributed by atoms with E-state index in [4.69, 9.17) is 10.8 Å². The van der Waals surface area contributed by atoms with Crippen LogP contribution in [-0.2, 0) is 4.79 Å². The number of likely N-dealkylation sites (tertiary alicyclic amines) is 1. The number of carboxylic acid groups (broad SMARTS) is 1. The summed E-state index contributed by atoms with van der Waals surface area (Å²) in [7, 11) is 0. The molecule has 18 heavy (non-hydrogen) atoms. The minimum atomic E-state index is -0.786. The second-order valence-electron chi connectivity index (χ2n) is 4.95. The summed E-state index contributed by atoms with van der Waals surface area (Å²) in [5.41, 5.74) is 5.57. The molecule has 0 aromatic carbocycles. The Bertz CT molecular complexity index is 296. The van der Waals surface area contributed by atoms with Crippen molar-refractivity contribution in [1.82, 2.24) is 10.2 Å². The largest absolute Gasteiger partial charge is 0.481 e. The quantitative estimate of drug-likeness (QED) is 0.603. The molecule has 0 spiro atoms. The zero-order chi connectivity index (χ0) is 13.5. The highest BCUT2D eigenvalue weighted by molar-refractivity contribution is 5.74. The maximum Gasteiger partial charge on any atom is 0.317 e. The van der Waals surface area contributed by atoms with Crippen LogP contribution in [0.25, 0.3) is 0 Å². The van der Waals surface area contributed by atoms with Gasteiger partial charge in [0.25, 0.3) is 0 Å². The molecule has 1 heterocycles. The lowest BCUT2D eigenvalue weighted by atomic mass is 10.1. The molecule has 1 rings (SSSR count). The molecular formula is C12H23N3O3. The molecule has 1 fully saturated rings. The summed E-state index contributed by atoms with van der Waals surface area (Å²) in [5, 5.41) is 11.5. The van der Waals surface area contributed by atoms with Crippen LogP contribution >= 0.6 is 0 Å². The molecule has 4 N–H and O–H groups in total. The Balaban J connectivity index is 2.12. The molecule has 2 amide bonds. The monoisotopic (exact) mass is 257 g/mol. The van der Waals surface area contributed by atoms with Crippen LogP contribution in [-0.4, -0.2) is 48.2 Å². The molecule has 0 aromatic rings. The fraction of sp³-hybridized carbons (Fsp3) is 0.833. The summed E-state index contributed by atoms with van der Waals surface area (Å²) in [6.45, 7) is 4.32. The average Bonchev–Trinajstić information content (AvgIpc) is 2.82. The SMILES string of the molecule is CC(CCCNC(=O)N1CCC(CN)C1)C(=O)O. The highest BCUT2D eigenvalue weighted by atomic mass is 16.4. The van der Waals surface area contributed by atoms with Crippen molar-refractivity contribution < 1.29 is 14.7 Å². The van der Waals surface area contributed by atoms with Crippen molar-refractivity contribution in [2.45, 2.75) is 26.2 Å². The minimum Gasteiger partial charge on any atom is -0.481 e. The van der Waals surface area contributed by atoms with Crippen LogP contribution in [0.3, 0.4) is 0 Å². The molecule has 1 aliphatic heterocycles. The average molecular weight is 257 g/mol. The highest BCUT2D eigenvalue weighted by Gasteiger charge is 2.24. The Hall–Kier alpha value is -1.30. The van der Waals surface area contributed by atoms with Gasteiger partial charge < -0.3 is 21.1 Å². The third-order valence-electron chi connectivity index (χ3n) is 3.42. The number of hydrogen-bond donors (Lipinski definition) is 3. The van der Waals surface area contributed by atoms with Crippen molar-refractivity contribution in [3.63, 3.8) is 0 Å². The summed E-state index contributed by atoms with van der Waals surface area (Å²) < 4.78 is 0. The lowest BCUT2D eigenvalue weighted by Crippen LogP contribution is -2.39. The van der Waals surface area contributed by atoms with Crippen LogP contribution < -0.4 is 11.1 Å². The Morgan fingerprint density at radius 3 is 2.83 bits per heavy atom. The molecule has 2 atom stereocenters. The van der Waals surface area contributed by atoms with Crippen molar-refractivity contribution in [2.24, 2.45) is 17.6 Å². The molecule has 2 unspecified atom stereocenters. The van der Waals surface area contributed by atoms with Crippen LogP contribution in [0.4, 0.5) is 4.79 Å². The van der Waals surface area contributed by atoms with E-state index in [0.29, 0.717) is 31.8 Å². The lowest BCUT2D eigenvalue weighted by molar-refractivity contribution is -0.141. The first-order valence-electron chi connectivity index (χ1n) is 6.50. The maximum atomic E-state index is 11.7. The summed E-state index contributed by atoms with van der Waals surface area (Å²) in [5.74, 6) is -0.718. The molecule has 0 aliphatic carbocycles. The molecule has 1 aliphatic rings. The molecule has 0 saturated carbocycles. The molecule has 104 valence electrons. The normalized spacial score (nSPS) is 20.8. The van der Waals surface area contributed by atoms with Gasteiger partial charge in [0.1, 0.15) is 0 Å². The summed E-state index contributed by atoms with van der Waals surface area (Å²) in [6.07, 6.45) is 2.24. The van der Waals surface area contributed by atoms with Gasteiger partial charge in [0.15, 0.2) is 0 Å². The number of amides is 2. The van der Waals surface area contributed by atoms with Gasteiger partial charge in [-0.2, -0.15) is 0 Å². The van der Waals surface area contributed by atoms with Crippen molar-refractivity contribution in [3.05, 3.63) is 0 Å². The molecule has 0 radical (unpaired) electrons. The number of rotatable bonds is 6. The second kappa shape index (κ2) is 7.20. The predicted molar refractivity (Wildman–Crippen MR) is 68.2 cm³/mol. The molecule has 0 aromatic heterocycles. The number of aliphatic carboxylic acids is 1.